The van der Waals surface area contributed by atoms with Crippen molar-refractivity contribution in [3.63, 3.8) is 0 Å². The van der Waals surface area contributed by atoms with Gasteiger partial charge in [0, 0.05) is 26.6 Å². The van der Waals surface area contributed by atoms with E-state index in [9.17, 15) is 4.79 Å². The SMILES string of the molecule is CN=C(NCCCCCC(=O)OC)NCCc1ccc(OC)cc1.I. The number of methoxy groups -OCH3 is 2. The first-order valence-corrected chi connectivity index (χ1v) is 8.34. The number of aliphatic imine (C=N–C) groups is 1. The van der Waals surface area contributed by atoms with Crippen molar-refractivity contribution < 1.29 is 14.3 Å². The van der Waals surface area contributed by atoms with Gasteiger partial charge in [-0.3, -0.25) is 9.79 Å². The van der Waals surface area contributed by atoms with E-state index < -0.39 is 0 Å². The van der Waals surface area contributed by atoms with Crippen LogP contribution in [0.4, 0.5) is 0 Å². The van der Waals surface area contributed by atoms with E-state index in [1.54, 1.807) is 14.2 Å². The average Bonchev–Trinajstić information content (AvgIpc) is 2.63. The molecule has 0 saturated carbocycles. The van der Waals surface area contributed by atoms with E-state index in [4.69, 9.17) is 4.74 Å². The van der Waals surface area contributed by atoms with Crippen molar-refractivity contribution in [2.75, 3.05) is 34.4 Å². The van der Waals surface area contributed by atoms with Gasteiger partial charge in [-0.2, -0.15) is 0 Å². The Labute approximate surface area is 167 Å². The van der Waals surface area contributed by atoms with Gasteiger partial charge in [0.2, 0.25) is 0 Å². The van der Waals surface area contributed by atoms with Crippen LogP contribution in [0.2, 0.25) is 0 Å². The molecule has 1 aromatic rings. The number of nitrogens with zero attached hydrogens (tertiary/aromatic N) is 1. The molecule has 1 rings (SSSR count). The number of esters is 1. The molecule has 0 fully saturated rings. The van der Waals surface area contributed by atoms with Gasteiger partial charge in [0.25, 0.3) is 0 Å². The van der Waals surface area contributed by atoms with Crippen molar-refractivity contribution >= 4 is 35.9 Å². The molecule has 0 saturated heterocycles. The first kappa shape index (κ1) is 23.5. The lowest BCUT2D eigenvalue weighted by atomic mass is 10.1. The molecule has 0 spiro atoms. The van der Waals surface area contributed by atoms with Gasteiger partial charge in [-0.25, -0.2) is 0 Å². The molecule has 1 aromatic carbocycles. The highest BCUT2D eigenvalue weighted by atomic mass is 127. The minimum Gasteiger partial charge on any atom is -0.497 e. The zero-order valence-electron chi connectivity index (χ0n) is 15.3. The highest BCUT2D eigenvalue weighted by Gasteiger charge is 2.01. The second-order valence-electron chi connectivity index (χ2n) is 5.41. The van der Waals surface area contributed by atoms with Gasteiger partial charge in [0.05, 0.1) is 14.2 Å². The fraction of sp³-hybridized carbons (Fsp3) is 0.556. The normalized spacial score (nSPS) is 10.6. The van der Waals surface area contributed by atoms with E-state index in [0.29, 0.717) is 6.42 Å². The maximum atomic E-state index is 11.0. The van der Waals surface area contributed by atoms with Crippen LogP contribution in [0.15, 0.2) is 29.3 Å². The van der Waals surface area contributed by atoms with Crippen LogP contribution >= 0.6 is 24.0 Å². The molecule has 2 N–H and O–H groups in total. The topological polar surface area (TPSA) is 72.0 Å². The number of hydrogen-bond donors (Lipinski definition) is 2. The number of carbonyl (C=O) groups excluding carboxylic acids is 1. The zero-order valence-corrected chi connectivity index (χ0v) is 17.7. The number of rotatable bonds is 10. The Kier molecular flexibility index (Phi) is 13.9. The summed E-state index contributed by atoms with van der Waals surface area (Å²) in [5.74, 6) is 1.53. The summed E-state index contributed by atoms with van der Waals surface area (Å²) in [6, 6.07) is 8.07. The van der Waals surface area contributed by atoms with Gasteiger partial charge in [0.1, 0.15) is 5.75 Å². The van der Waals surface area contributed by atoms with Crippen LogP contribution in [0.5, 0.6) is 5.75 Å². The summed E-state index contributed by atoms with van der Waals surface area (Å²) in [5, 5.41) is 6.58. The monoisotopic (exact) mass is 463 g/mol. The molecule has 0 unspecified atom stereocenters. The lowest BCUT2D eigenvalue weighted by molar-refractivity contribution is -0.140. The van der Waals surface area contributed by atoms with Crippen LogP contribution in [0.3, 0.4) is 0 Å². The van der Waals surface area contributed by atoms with Gasteiger partial charge in [-0.15, -0.1) is 24.0 Å². The lowest BCUT2D eigenvalue weighted by Crippen LogP contribution is -2.38. The molecule has 7 heteroatoms. The molecular formula is C18H30IN3O3. The Morgan fingerprint density at radius 2 is 1.72 bits per heavy atom. The van der Waals surface area contributed by atoms with Gasteiger partial charge in [-0.05, 0) is 37.0 Å². The first-order chi connectivity index (χ1) is 11.7. The fourth-order valence-electron chi connectivity index (χ4n) is 2.22. The minimum atomic E-state index is -0.140. The van der Waals surface area contributed by atoms with Crippen LogP contribution in [0.25, 0.3) is 0 Å². The number of guanidine groups is 1. The van der Waals surface area contributed by atoms with Gasteiger partial charge in [-0.1, -0.05) is 18.6 Å². The molecule has 0 aliphatic carbocycles. The van der Waals surface area contributed by atoms with Crippen LogP contribution in [-0.4, -0.2) is 46.3 Å². The largest absolute Gasteiger partial charge is 0.497 e. The fourth-order valence-corrected chi connectivity index (χ4v) is 2.22. The first-order valence-electron chi connectivity index (χ1n) is 8.34. The third kappa shape index (κ3) is 10.9. The van der Waals surface area contributed by atoms with Crippen molar-refractivity contribution in [3.05, 3.63) is 29.8 Å². The molecule has 0 amide bonds. The molecule has 25 heavy (non-hydrogen) atoms. The van der Waals surface area contributed by atoms with Crippen LogP contribution in [-0.2, 0) is 16.0 Å². The summed E-state index contributed by atoms with van der Waals surface area (Å²) in [6.07, 6.45) is 4.26. The van der Waals surface area contributed by atoms with E-state index in [0.717, 1.165) is 50.5 Å². The lowest BCUT2D eigenvalue weighted by Gasteiger charge is -2.12. The Bertz CT molecular complexity index is 507. The molecule has 0 radical (unpaired) electrons. The molecule has 0 aliphatic heterocycles. The van der Waals surface area contributed by atoms with Crippen molar-refractivity contribution in [1.82, 2.24) is 10.6 Å². The van der Waals surface area contributed by atoms with E-state index in [1.165, 1.54) is 12.7 Å². The molecular weight excluding hydrogens is 433 g/mol. The predicted molar refractivity (Wildman–Crippen MR) is 112 cm³/mol. The Morgan fingerprint density at radius 3 is 2.32 bits per heavy atom. The predicted octanol–water partition coefficient (Wildman–Crippen LogP) is 2.75. The summed E-state index contributed by atoms with van der Waals surface area (Å²) in [5.41, 5.74) is 1.25. The maximum absolute atomic E-state index is 11.0. The zero-order chi connectivity index (χ0) is 17.6. The molecule has 0 aromatic heterocycles. The summed E-state index contributed by atoms with van der Waals surface area (Å²) in [7, 11) is 4.85. The third-order valence-corrected chi connectivity index (χ3v) is 3.67. The summed E-state index contributed by atoms with van der Waals surface area (Å²) >= 11 is 0. The molecule has 142 valence electrons. The van der Waals surface area contributed by atoms with E-state index in [1.807, 2.05) is 12.1 Å². The van der Waals surface area contributed by atoms with Gasteiger partial charge < -0.3 is 20.1 Å². The van der Waals surface area contributed by atoms with Crippen molar-refractivity contribution in [1.29, 1.82) is 0 Å². The highest BCUT2D eigenvalue weighted by molar-refractivity contribution is 14.0. The molecule has 0 atom stereocenters. The van der Waals surface area contributed by atoms with Gasteiger partial charge >= 0.3 is 5.97 Å². The van der Waals surface area contributed by atoms with Crippen molar-refractivity contribution in [2.24, 2.45) is 4.99 Å². The number of hydrogen-bond acceptors (Lipinski definition) is 4. The average molecular weight is 463 g/mol. The second-order valence-corrected chi connectivity index (χ2v) is 5.41. The van der Waals surface area contributed by atoms with E-state index >= 15 is 0 Å². The molecule has 0 bridgehead atoms. The summed E-state index contributed by atoms with van der Waals surface area (Å²) in [6.45, 7) is 1.65. The smallest absolute Gasteiger partial charge is 0.305 e. The minimum absolute atomic E-state index is 0. The van der Waals surface area contributed by atoms with E-state index in [2.05, 4.69) is 32.5 Å². The van der Waals surface area contributed by atoms with Crippen LogP contribution in [0, 0.1) is 0 Å². The van der Waals surface area contributed by atoms with Crippen LogP contribution in [0.1, 0.15) is 31.2 Å². The molecule has 6 nitrogen and oxygen atoms in total. The van der Waals surface area contributed by atoms with Crippen molar-refractivity contribution in [2.45, 2.75) is 32.1 Å². The summed E-state index contributed by atoms with van der Waals surface area (Å²) in [4.78, 5) is 15.2. The van der Waals surface area contributed by atoms with Crippen LogP contribution < -0.4 is 15.4 Å². The molecule has 0 aliphatic rings. The quantitative estimate of drug-likeness (QED) is 0.184. The number of nitrogens with one attached hydrogen (secondary N) is 2. The number of benzene rings is 1. The number of halogens is 1. The number of unbranched alkanes of at least 4 members (excludes halogenated alkanes) is 2. The third-order valence-electron chi connectivity index (χ3n) is 3.67. The van der Waals surface area contributed by atoms with E-state index in [-0.39, 0.29) is 29.9 Å². The number of carbonyl (C=O) groups is 1. The Morgan fingerprint density at radius 1 is 1.04 bits per heavy atom. The summed E-state index contributed by atoms with van der Waals surface area (Å²) < 4.78 is 9.77. The standard InChI is InChI=1S/C18H29N3O3.HI/c1-19-18(20-13-6-4-5-7-17(22)24-3)21-14-12-15-8-10-16(23-2)11-9-15;/h8-11H,4-7,12-14H2,1-3H3,(H2,19,20,21);1H. The maximum Gasteiger partial charge on any atom is 0.305 e. The van der Waals surface area contributed by atoms with Gasteiger partial charge in [0.15, 0.2) is 5.96 Å². The second kappa shape index (κ2) is 14.8. The molecule has 0 heterocycles. The number of ether oxygens (including phenoxy) is 2. The Balaban J connectivity index is 0.00000576. The highest BCUT2D eigenvalue weighted by Crippen LogP contribution is 2.11. The Hall–Kier alpha value is -1.51. The van der Waals surface area contributed by atoms with Crippen molar-refractivity contribution in [3.8, 4) is 5.75 Å².